The smallest absolute Gasteiger partial charge is 0.119 e. The summed E-state index contributed by atoms with van der Waals surface area (Å²) in [5.74, 6) is 1.67. The van der Waals surface area contributed by atoms with Crippen molar-refractivity contribution in [3.05, 3.63) is 29.8 Å². The second kappa shape index (κ2) is 6.92. The number of nitrogens with one attached hydrogen (secondary N) is 1. The van der Waals surface area contributed by atoms with E-state index in [1.165, 1.54) is 5.56 Å². The molecular formula is C16H26N2O. The van der Waals surface area contributed by atoms with Crippen LogP contribution in [0, 0.1) is 12.8 Å². The Bertz CT molecular complexity index is 392. The predicted octanol–water partition coefficient (Wildman–Crippen LogP) is 2.30. The number of piperazine rings is 1. The van der Waals surface area contributed by atoms with Crippen molar-refractivity contribution in [2.45, 2.75) is 26.8 Å². The largest absolute Gasteiger partial charge is 0.492 e. The quantitative estimate of drug-likeness (QED) is 0.881. The summed E-state index contributed by atoms with van der Waals surface area (Å²) in [6.07, 6.45) is 0. The summed E-state index contributed by atoms with van der Waals surface area (Å²) in [5, 5.41) is 3.48. The summed E-state index contributed by atoms with van der Waals surface area (Å²) in [5.41, 5.74) is 1.25. The first-order valence-electron chi connectivity index (χ1n) is 7.31. The zero-order chi connectivity index (χ0) is 13.7. The highest BCUT2D eigenvalue weighted by molar-refractivity contribution is 5.27. The first kappa shape index (κ1) is 14.4. The maximum atomic E-state index is 5.86. The van der Waals surface area contributed by atoms with Crippen LogP contribution in [0.25, 0.3) is 0 Å². The van der Waals surface area contributed by atoms with E-state index in [1.54, 1.807) is 0 Å². The Labute approximate surface area is 116 Å². The van der Waals surface area contributed by atoms with Crippen LogP contribution in [0.3, 0.4) is 0 Å². The highest BCUT2D eigenvalue weighted by atomic mass is 16.5. The number of rotatable bonds is 5. The van der Waals surface area contributed by atoms with Crippen LogP contribution in [-0.4, -0.2) is 43.7 Å². The molecule has 3 nitrogen and oxygen atoms in total. The third kappa shape index (κ3) is 4.22. The van der Waals surface area contributed by atoms with Gasteiger partial charge in [-0.15, -0.1) is 0 Å². The third-order valence-corrected chi connectivity index (χ3v) is 3.80. The van der Waals surface area contributed by atoms with Gasteiger partial charge in [-0.25, -0.2) is 0 Å². The minimum Gasteiger partial charge on any atom is -0.492 e. The van der Waals surface area contributed by atoms with Crippen molar-refractivity contribution in [1.82, 2.24) is 10.2 Å². The molecule has 3 heteroatoms. The maximum Gasteiger partial charge on any atom is 0.119 e. The number of hydrogen-bond acceptors (Lipinski definition) is 3. The van der Waals surface area contributed by atoms with Crippen LogP contribution in [0.1, 0.15) is 19.4 Å². The van der Waals surface area contributed by atoms with Gasteiger partial charge >= 0.3 is 0 Å². The fraction of sp³-hybridized carbons (Fsp3) is 0.625. The van der Waals surface area contributed by atoms with Crippen LogP contribution in [0.4, 0.5) is 0 Å². The minimum absolute atomic E-state index is 0.634. The van der Waals surface area contributed by atoms with Gasteiger partial charge in [-0.1, -0.05) is 26.0 Å². The predicted molar refractivity (Wildman–Crippen MR) is 79.7 cm³/mol. The first-order chi connectivity index (χ1) is 9.16. The molecule has 19 heavy (non-hydrogen) atoms. The average Bonchev–Trinajstić information content (AvgIpc) is 2.39. The Hall–Kier alpha value is -1.06. The fourth-order valence-corrected chi connectivity index (χ4v) is 2.69. The van der Waals surface area contributed by atoms with Gasteiger partial charge in [-0.3, -0.25) is 4.90 Å². The molecule has 0 aromatic heterocycles. The van der Waals surface area contributed by atoms with Crippen molar-refractivity contribution in [3.63, 3.8) is 0 Å². The van der Waals surface area contributed by atoms with Crippen LogP contribution in [0.2, 0.25) is 0 Å². The lowest BCUT2D eigenvalue weighted by Crippen LogP contribution is -2.54. The molecule has 1 heterocycles. The van der Waals surface area contributed by atoms with E-state index >= 15 is 0 Å². The van der Waals surface area contributed by atoms with Crippen molar-refractivity contribution >= 4 is 0 Å². The third-order valence-electron chi connectivity index (χ3n) is 3.80. The Morgan fingerprint density at radius 2 is 2.26 bits per heavy atom. The molecule has 1 aliphatic heterocycles. The first-order valence-corrected chi connectivity index (χ1v) is 7.31. The van der Waals surface area contributed by atoms with Crippen molar-refractivity contribution in [1.29, 1.82) is 0 Å². The molecule has 0 saturated carbocycles. The summed E-state index contributed by atoms with van der Waals surface area (Å²) < 4.78 is 5.86. The second-order valence-corrected chi connectivity index (χ2v) is 5.72. The zero-order valence-corrected chi connectivity index (χ0v) is 12.4. The van der Waals surface area contributed by atoms with Gasteiger partial charge in [0, 0.05) is 32.2 Å². The molecule has 106 valence electrons. The molecule has 0 amide bonds. The monoisotopic (exact) mass is 262 g/mol. The molecular weight excluding hydrogens is 236 g/mol. The molecule has 0 radical (unpaired) electrons. The zero-order valence-electron chi connectivity index (χ0n) is 12.4. The number of hydrogen-bond donors (Lipinski definition) is 1. The number of ether oxygens (including phenoxy) is 1. The molecule has 2 rings (SSSR count). The second-order valence-electron chi connectivity index (χ2n) is 5.72. The Morgan fingerprint density at radius 1 is 1.42 bits per heavy atom. The fourth-order valence-electron chi connectivity index (χ4n) is 2.69. The molecule has 1 saturated heterocycles. The number of aryl methyl sites for hydroxylation is 1. The van der Waals surface area contributed by atoms with Crippen molar-refractivity contribution in [2.75, 3.05) is 32.8 Å². The van der Waals surface area contributed by atoms with Crippen LogP contribution in [0.5, 0.6) is 5.75 Å². The van der Waals surface area contributed by atoms with Gasteiger partial charge in [-0.05, 0) is 30.5 Å². The topological polar surface area (TPSA) is 24.5 Å². The lowest BCUT2D eigenvalue weighted by atomic mass is 10.0. The average molecular weight is 262 g/mol. The maximum absolute atomic E-state index is 5.86. The molecule has 0 bridgehead atoms. The Kier molecular flexibility index (Phi) is 5.23. The summed E-state index contributed by atoms with van der Waals surface area (Å²) >= 11 is 0. The Balaban J connectivity index is 1.81. The summed E-state index contributed by atoms with van der Waals surface area (Å²) in [7, 11) is 0. The number of benzene rings is 1. The van der Waals surface area contributed by atoms with E-state index in [0.717, 1.165) is 38.5 Å². The van der Waals surface area contributed by atoms with Crippen molar-refractivity contribution in [2.24, 2.45) is 5.92 Å². The molecule has 1 unspecified atom stereocenters. The molecule has 0 aliphatic carbocycles. The summed E-state index contributed by atoms with van der Waals surface area (Å²) in [6.45, 7) is 11.8. The molecule has 1 aromatic rings. The number of nitrogens with zero attached hydrogens (tertiary/aromatic N) is 1. The minimum atomic E-state index is 0.634. The van der Waals surface area contributed by atoms with Crippen molar-refractivity contribution < 1.29 is 4.74 Å². The Morgan fingerprint density at radius 3 is 3.00 bits per heavy atom. The molecule has 1 aliphatic rings. The summed E-state index contributed by atoms with van der Waals surface area (Å²) in [4.78, 5) is 2.55. The van der Waals surface area contributed by atoms with E-state index in [0.29, 0.717) is 12.0 Å². The van der Waals surface area contributed by atoms with E-state index < -0.39 is 0 Å². The SMILES string of the molecule is Cc1cccc(OCCN2CCNCC2C(C)C)c1. The van der Waals surface area contributed by atoms with Crippen LogP contribution >= 0.6 is 0 Å². The molecule has 0 spiro atoms. The van der Waals surface area contributed by atoms with Crippen LogP contribution < -0.4 is 10.1 Å². The summed E-state index contributed by atoms with van der Waals surface area (Å²) in [6, 6.07) is 8.90. The van der Waals surface area contributed by atoms with Crippen LogP contribution in [0.15, 0.2) is 24.3 Å². The molecule has 1 N–H and O–H groups in total. The van der Waals surface area contributed by atoms with E-state index in [4.69, 9.17) is 4.74 Å². The van der Waals surface area contributed by atoms with E-state index in [2.05, 4.69) is 43.1 Å². The van der Waals surface area contributed by atoms with Gasteiger partial charge < -0.3 is 10.1 Å². The lowest BCUT2D eigenvalue weighted by Gasteiger charge is -2.38. The van der Waals surface area contributed by atoms with E-state index in [1.807, 2.05) is 12.1 Å². The van der Waals surface area contributed by atoms with Gasteiger partial charge in [0.2, 0.25) is 0 Å². The van der Waals surface area contributed by atoms with Gasteiger partial charge in [0.15, 0.2) is 0 Å². The van der Waals surface area contributed by atoms with E-state index in [9.17, 15) is 0 Å². The van der Waals surface area contributed by atoms with Gasteiger partial charge in [0.05, 0.1) is 0 Å². The van der Waals surface area contributed by atoms with Crippen LogP contribution in [-0.2, 0) is 0 Å². The molecule has 1 fully saturated rings. The molecule has 1 atom stereocenters. The standard InChI is InChI=1S/C16H26N2O/c1-13(2)16-12-17-7-8-18(16)9-10-19-15-6-4-5-14(3)11-15/h4-6,11,13,16-17H,7-10,12H2,1-3H3. The highest BCUT2D eigenvalue weighted by Crippen LogP contribution is 2.14. The van der Waals surface area contributed by atoms with Gasteiger partial charge in [-0.2, -0.15) is 0 Å². The van der Waals surface area contributed by atoms with Gasteiger partial charge in [0.1, 0.15) is 12.4 Å². The van der Waals surface area contributed by atoms with E-state index in [-0.39, 0.29) is 0 Å². The van der Waals surface area contributed by atoms with Crippen molar-refractivity contribution in [3.8, 4) is 5.75 Å². The lowest BCUT2D eigenvalue weighted by molar-refractivity contribution is 0.105. The molecule has 1 aromatic carbocycles. The van der Waals surface area contributed by atoms with Gasteiger partial charge in [0.25, 0.3) is 0 Å². The normalized spacial score (nSPS) is 20.7. The highest BCUT2D eigenvalue weighted by Gasteiger charge is 2.24.